The highest BCUT2D eigenvalue weighted by molar-refractivity contribution is 6.26. The number of ether oxygens (including phenoxy) is 1. The molecule has 8 atom stereocenters. The number of pyridine rings is 1. The molecule has 7 heteroatoms. The monoisotopic (exact) mass is 521 g/mol. The molecule has 3 heterocycles. The Morgan fingerprint density at radius 1 is 1.11 bits per heavy atom. The van der Waals surface area contributed by atoms with Crippen LogP contribution in [0.25, 0.3) is 16.3 Å². The van der Waals surface area contributed by atoms with E-state index in [4.69, 9.17) is 22.1 Å². The van der Waals surface area contributed by atoms with E-state index in [1.165, 1.54) is 11.1 Å². The van der Waals surface area contributed by atoms with E-state index in [0.717, 1.165) is 48.4 Å². The lowest BCUT2D eigenvalue weighted by Crippen LogP contribution is -2.68. The van der Waals surface area contributed by atoms with Crippen molar-refractivity contribution in [3.63, 3.8) is 0 Å². The van der Waals surface area contributed by atoms with Gasteiger partial charge in [0, 0.05) is 23.5 Å². The second-order valence-corrected chi connectivity index (χ2v) is 13.3. The number of halogens is 1. The Balaban J connectivity index is 1.30. The van der Waals surface area contributed by atoms with Gasteiger partial charge in [0.25, 0.3) is 0 Å². The Kier molecular flexibility index (Phi) is 4.94. The summed E-state index contributed by atoms with van der Waals surface area (Å²) in [5.74, 6) is 0.765. The molecule has 3 aliphatic carbocycles. The molecule has 2 unspecified atom stereocenters. The van der Waals surface area contributed by atoms with Crippen molar-refractivity contribution >= 4 is 33.8 Å². The third-order valence-corrected chi connectivity index (χ3v) is 11.3. The van der Waals surface area contributed by atoms with Gasteiger partial charge >= 0.3 is 0 Å². The molecule has 2 aliphatic heterocycles. The van der Waals surface area contributed by atoms with E-state index in [0.29, 0.717) is 12.2 Å². The van der Waals surface area contributed by atoms with E-state index < -0.39 is 28.3 Å². The zero-order valence-electron chi connectivity index (χ0n) is 21.7. The molecule has 3 fully saturated rings. The second kappa shape index (κ2) is 7.57. The maximum Gasteiger partial charge on any atom is 0.123 e. The first-order valence-corrected chi connectivity index (χ1v) is 13.9. The largest absolute Gasteiger partial charge is 0.388 e. The molecule has 1 saturated heterocycles. The first-order valence-electron chi connectivity index (χ1n) is 13.5. The molecule has 37 heavy (non-hydrogen) atoms. The molecule has 2 aromatic rings. The van der Waals surface area contributed by atoms with Crippen LogP contribution in [0.2, 0.25) is 0 Å². The van der Waals surface area contributed by atoms with Gasteiger partial charge in [-0.15, -0.1) is 11.6 Å². The first-order chi connectivity index (χ1) is 17.5. The number of hydrogen-bond donors (Lipinski definition) is 3. The molecular weight excluding hydrogens is 486 g/mol. The van der Waals surface area contributed by atoms with Crippen LogP contribution in [-0.2, 0) is 4.74 Å². The van der Waals surface area contributed by atoms with Crippen molar-refractivity contribution in [1.82, 2.24) is 9.88 Å². The lowest BCUT2D eigenvalue weighted by molar-refractivity contribution is -0.199. The minimum Gasteiger partial charge on any atom is -0.388 e. The quantitative estimate of drug-likeness (QED) is 0.403. The predicted molar refractivity (Wildman–Crippen MR) is 146 cm³/mol. The van der Waals surface area contributed by atoms with Gasteiger partial charge in [0.2, 0.25) is 0 Å². The van der Waals surface area contributed by atoms with Crippen molar-refractivity contribution < 1.29 is 14.9 Å². The molecular formula is C30H36ClN3O3. The summed E-state index contributed by atoms with van der Waals surface area (Å²) in [4.78, 5) is 5.56. The van der Waals surface area contributed by atoms with Gasteiger partial charge in [0.1, 0.15) is 11.9 Å². The Morgan fingerprint density at radius 3 is 2.70 bits per heavy atom. The molecule has 5 aliphatic rings. The van der Waals surface area contributed by atoms with Crippen LogP contribution in [0.4, 0.5) is 5.82 Å². The molecule has 1 aromatic carbocycles. The third kappa shape index (κ3) is 2.99. The highest BCUT2D eigenvalue weighted by Crippen LogP contribution is 2.71. The number of rotatable bonds is 2. The number of anilines is 1. The number of nitrogen functional groups attached to an aromatic ring is 1. The fourth-order valence-electron chi connectivity index (χ4n) is 8.76. The van der Waals surface area contributed by atoms with Crippen LogP contribution in [0.1, 0.15) is 51.0 Å². The van der Waals surface area contributed by atoms with Crippen LogP contribution in [0.5, 0.6) is 0 Å². The van der Waals surface area contributed by atoms with E-state index in [1.54, 1.807) is 0 Å². The molecule has 4 N–H and O–H groups in total. The van der Waals surface area contributed by atoms with Crippen molar-refractivity contribution in [2.45, 2.75) is 79.8 Å². The number of likely N-dealkylation sites (N-methyl/N-ethyl adjacent to an activating group) is 1. The van der Waals surface area contributed by atoms with Gasteiger partial charge in [-0.05, 0) is 92.3 Å². The van der Waals surface area contributed by atoms with Crippen molar-refractivity contribution in [1.29, 1.82) is 0 Å². The van der Waals surface area contributed by atoms with Crippen LogP contribution in [0.3, 0.4) is 0 Å². The van der Waals surface area contributed by atoms with Crippen molar-refractivity contribution in [3.05, 3.63) is 53.8 Å². The van der Waals surface area contributed by atoms with Crippen molar-refractivity contribution in [2.75, 3.05) is 19.8 Å². The van der Waals surface area contributed by atoms with Gasteiger partial charge < -0.3 is 25.6 Å². The van der Waals surface area contributed by atoms with E-state index in [-0.39, 0.29) is 17.4 Å². The summed E-state index contributed by atoms with van der Waals surface area (Å²) in [6, 6.07) is 8.35. The molecule has 196 valence electrons. The number of aliphatic hydroxyl groups is 2. The van der Waals surface area contributed by atoms with Crippen LogP contribution in [0.15, 0.2) is 48.2 Å². The number of aromatic nitrogens is 1. The molecule has 1 aromatic heterocycles. The number of nitrogens with two attached hydrogens (primary N) is 1. The lowest BCUT2D eigenvalue weighted by atomic mass is 9.54. The van der Waals surface area contributed by atoms with Gasteiger partial charge in [-0.25, -0.2) is 4.98 Å². The average Bonchev–Trinajstić information content (AvgIpc) is 3.39. The number of benzene rings is 1. The molecule has 2 bridgehead atoms. The molecule has 0 amide bonds. The van der Waals surface area contributed by atoms with Gasteiger partial charge in [0.05, 0.1) is 22.2 Å². The van der Waals surface area contributed by atoms with Crippen LogP contribution in [-0.4, -0.2) is 68.5 Å². The minimum absolute atomic E-state index is 0.0741. The topological polar surface area (TPSA) is 91.8 Å². The Bertz CT molecular complexity index is 1380. The average molecular weight is 522 g/mol. The molecule has 7 rings (SSSR count). The minimum atomic E-state index is -0.960. The maximum atomic E-state index is 11.2. The number of allylic oxidation sites excluding steroid dienone is 2. The summed E-state index contributed by atoms with van der Waals surface area (Å²) in [7, 11) is 3.92. The summed E-state index contributed by atoms with van der Waals surface area (Å²) in [5, 5.41) is 24.4. The zero-order valence-corrected chi connectivity index (χ0v) is 22.5. The van der Waals surface area contributed by atoms with Gasteiger partial charge in [-0.3, -0.25) is 0 Å². The van der Waals surface area contributed by atoms with Crippen molar-refractivity contribution in [3.8, 4) is 0 Å². The highest BCUT2D eigenvalue weighted by Gasteiger charge is 2.73. The Labute approximate surface area is 223 Å². The first kappa shape index (κ1) is 24.1. The van der Waals surface area contributed by atoms with Gasteiger partial charge in [-0.2, -0.15) is 0 Å². The van der Waals surface area contributed by atoms with E-state index in [9.17, 15) is 10.2 Å². The summed E-state index contributed by atoms with van der Waals surface area (Å²) in [6.07, 6.45) is 9.52. The van der Waals surface area contributed by atoms with E-state index in [1.807, 2.05) is 31.3 Å². The van der Waals surface area contributed by atoms with Gasteiger partial charge in [0.15, 0.2) is 0 Å². The van der Waals surface area contributed by atoms with Gasteiger partial charge in [-0.1, -0.05) is 31.2 Å². The van der Waals surface area contributed by atoms with E-state index in [2.05, 4.69) is 42.3 Å². The molecule has 2 spiro atoms. The summed E-state index contributed by atoms with van der Waals surface area (Å²) >= 11 is 7.56. The number of nitrogens with zero attached hydrogens (tertiary/aromatic N) is 2. The number of fused-ring (bicyclic) bond motifs is 2. The normalized spacial score (nSPS) is 44.3. The number of aliphatic hydroxyl groups excluding tert-OH is 2. The Morgan fingerprint density at radius 2 is 1.92 bits per heavy atom. The summed E-state index contributed by atoms with van der Waals surface area (Å²) in [5.41, 5.74) is 8.24. The SMILES string of the molecule is CN(C)[C@H]1C[C@@]23CC[C@]4(O2)C2CC=C(c5ccc6cnc(N)cc6c5)[C@@]2(C)CCC4(Cl)C=C3[C@@H](O)[C@@H]1O. The second-order valence-electron chi connectivity index (χ2n) is 12.6. The number of hydrogen-bond acceptors (Lipinski definition) is 6. The Hall–Kier alpha value is -1.96. The smallest absolute Gasteiger partial charge is 0.123 e. The summed E-state index contributed by atoms with van der Waals surface area (Å²) < 4.78 is 7.28. The molecule has 6 nitrogen and oxygen atoms in total. The van der Waals surface area contributed by atoms with Crippen LogP contribution < -0.4 is 5.73 Å². The van der Waals surface area contributed by atoms with E-state index >= 15 is 0 Å². The van der Waals surface area contributed by atoms with Crippen molar-refractivity contribution in [2.24, 2.45) is 11.3 Å². The number of alkyl halides is 1. The van der Waals surface area contributed by atoms with Crippen LogP contribution in [0, 0.1) is 11.3 Å². The lowest BCUT2D eigenvalue weighted by Gasteiger charge is -2.61. The fraction of sp³-hybridized carbons (Fsp3) is 0.567. The zero-order chi connectivity index (χ0) is 26.0. The maximum absolute atomic E-state index is 11.2. The van der Waals surface area contributed by atoms with Crippen LogP contribution >= 0.6 is 11.6 Å². The molecule has 0 radical (unpaired) electrons. The standard InChI is InChI=1S/C30H36ClN3O3/c1-27-8-10-29(31)14-21-25(35)26(36)22(34(2)3)15-28(21)9-11-30(29,37-28)23(27)7-6-20(27)17-4-5-18-16-33-24(32)13-19(18)12-17/h4-6,12-14,16,22-23,25-26,35-36H,7-11,15H2,1-3H3,(H2,32,33)/t22-,23?,25+,26+,27+,28+,29?,30-/m0/s1. The third-order valence-electron chi connectivity index (χ3n) is 10.7. The highest BCUT2D eigenvalue weighted by atomic mass is 35.5. The molecule has 2 saturated carbocycles. The summed E-state index contributed by atoms with van der Waals surface area (Å²) in [6.45, 7) is 2.39. The fourth-order valence-corrected chi connectivity index (χ4v) is 9.23. The predicted octanol–water partition coefficient (Wildman–Crippen LogP) is 4.28.